The molecule has 2 rings (SSSR count). The topological polar surface area (TPSA) is 64.4 Å². The van der Waals surface area contributed by atoms with Gasteiger partial charge in [-0.05, 0) is 30.5 Å². The molecule has 1 heterocycles. The van der Waals surface area contributed by atoms with Crippen LogP contribution in [-0.2, 0) is 6.54 Å². The number of para-hydroxylation sites is 1. The summed E-state index contributed by atoms with van der Waals surface area (Å²) in [4.78, 5) is 26.4. The van der Waals surface area contributed by atoms with Gasteiger partial charge in [0, 0.05) is 19.2 Å². The van der Waals surface area contributed by atoms with Gasteiger partial charge in [0.05, 0.1) is 6.54 Å². The number of benzene rings is 1. The number of aromatic nitrogens is 2. The summed E-state index contributed by atoms with van der Waals surface area (Å²) in [6.45, 7) is 8.81. The molecule has 0 bridgehead atoms. The van der Waals surface area contributed by atoms with Crippen LogP contribution >= 0.6 is 0 Å². The largest absolute Gasteiger partial charge is 0.492 e. The second-order valence-electron chi connectivity index (χ2n) is 7.40. The third-order valence-corrected chi connectivity index (χ3v) is 4.56. The monoisotopic (exact) mass is 357 g/mol. The molecule has 1 aromatic heterocycles. The van der Waals surface area contributed by atoms with E-state index >= 15 is 0 Å². The van der Waals surface area contributed by atoms with E-state index in [0.29, 0.717) is 6.61 Å². The van der Waals surface area contributed by atoms with Crippen LogP contribution < -0.4 is 10.3 Å². The van der Waals surface area contributed by atoms with E-state index in [4.69, 9.17) is 4.74 Å². The second-order valence-corrected chi connectivity index (χ2v) is 7.40. The maximum atomic E-state index is 12.7. The number of carbonyl (C=O) groups excluding carboxylic acids is 1. The van der Waals surface area contributed by atoms with Crippen LogP contribution in [-0.4, -0.2) is 40.3 Å². The fraction of sp³-hybridized carbons (Fsp3) is 0.450. The molecule has 0 radical (unpaired) electrons. The zero-order valence-electron chi connectivity index (χ0n) is 16.1. The zero-order valence-corrected chi connectivity index (χ0v) is 16.1. The first-order valence-electron chi connectivity index (χ1n) is 8.73. The molecular weight excluding hydrogens is 330 g/mol. The standard InChI is InChI=1S/C20H27N3O3/c1-15(20(2,3)4)22(5)19(25)17-11-12-18(24)23(21-17)13-14-26-16-9-7-6-8-10-16/h6-12,15H,13-14H2,1-5H3. The van der Waals surface area contributed by atoms with Gasteiger partial charge in [0.1, 0.15) is 18.1 Å². The molecule has 140 valence electrons. The Balaban J connectivity index is 2.08. The molecule has 1 unspecified atom stereocenters. The Morgan fingerprint density at radius 3 is 2.46 bits per heavy atom. The highest BCUT2D eigenvalue weighted by Gasteiger charge is 2.28. The minimum Gasteiger partial charge on any atom is -0.492 e. The van der Waals surface area contributed by atoms with Gasteiger partial charge in [0.2, 0.25) is 0 Å². The number of ether oxygens (including phenoxy) is 1. The van der Waals surface area contributed by atoms with Gasteiger partial charge < -0.3 is 9.64 Å². The second kappa shape index (κ2) is 8.17. The van der Waals surface area contributed by atoms with Gasteiger partial charge in [-0.25, -0.2) is 4.68 Å². The maximum absolute atomic E-state index is 12.7. The fourth-order valence-electron chi connectivity index (χ4n) is 2.43. The highest BCUT2D eigenvalue weighted by atomic mass is 16.5. The quantitative estimate of drug-likeness (QED) is 0.797. The van der Waals surface area contributed by atoms with Crippen LogP contribution in [0.3, 0.4) is 0 Å². The predicted molar refractivity (Wildman–Crippen MR) is 101 cm³/mol. The van der Waals surface area contributed by atoms with Crippen molar-refractivity contribution in [2.24, 2.45) is 5.41 Å². The first-order valence-corrected chi connectivity index (χ1v) is 8.73. The van der Waals surface area contributed by atoms with Crippen LogP contribution in [0, 0.1) is 5.41 Å². The summed E-state index contributed by atoms with van der Waals surface area (Å²) in [6, 6.07) is 12.2. The lowest BCUT2D eigenvalue weighted by atomic mass is 9.87. The van der Waals surface area contributed by atoms with Gasteiger partial charge >= 0.3 is 0 Å². The molecule has 6 heteroatoms. The lowest BCUT2D eigenvalue weighted by Gasteiger charge is -2.35. The van der Waals surface area contributed by atoms with Crippen molar-refractivity contribution in [2.75, 3.05) is 13.7 Å². The Morgan fingerprint density at radius 1 is 1.19 bits per heavy atom. The molecule has 1 atom stereocenters. The first-order chi connectivity index (χ1) is 12.2. The van der Waals surface area contributed by atoms with Gasteiger partial charge in [0.15, 0.2) is 0 Å². The normalized spacial score (nSPS) is 12.5. The molecule has 0 N–H and O–H groups in total. The van der Waals surface area contributed by atoms with E-state index in [0.717, 1.165) is 5.75 Å². The molecule has 26 heavy (non-hydrogen) atoms. The smallest absolute Gasteiger partial charge is 0.274 e. The Hall–Kier alpha value is -2.63. The lowest BCUT2D eigenvalue weighted by Crippen LogP contribution is -2.43. The summed E-state index contributed by atoms with van der Waals surface area (Å²) in [7, 11) is 1.76. The Morgan fingerprint density at radius 2 is 1.85 bits per heavy atom. The number of hydrogen-bond acceptors (Lipinski definition) is 4. The summed E-state index contributed by atoms with van der Waals surface area (Å²) in [6.07, 6.45) is 0. The maximum Gasteiger partial charge on any atom is 0.274 e. The molecule has 0 aliphatic heterocycles. The highest BCUT2D eigenvalue weighted by Crippen LogP contribution is 2.23. The molecule has 6 nitrogen and oxygen atoms in total. The van der Waals surface area contributed by atoms with E-state index in [1.165, 1.54) is 16.8 Å². The van der Waals surface area contributed by atoms with E-state index in [1.807, 2.05) is 37.3 Å². The summed E-state index contributed by atoms with van der Waals surface area (Å²) < 4.78 is 6.87. The molecule has 0 saturated heterocycles. The average molecular weight is 357 g/mol. The number of nitrogens with zero attached hydrogens (tertiary/aromatic N) is 3. The van der Waals surface area contributed by atoms with Gasteiger partial charge in [-0.1, -0.05) is 39.0 Å². The minimum absolute atomic E-state index is 0.0265. The van der Waals surface area contributed by atoms with Gasteiger partial charge in [-0.3, -0.25) is 9.59 Å². The van der Waals surface area contributed by atoms with Crippen LogP contribution in [0.1, 0.15) is 38.2 Å². The first kappa shape index (κ1) is 19.7. The third-order valence-electron chi connectivity index (χ3n) is 4.56. The third kappa shape index (κ3) is 4.94. The molecular formula is C20H27N3O3. The molecule has 0 fully saturated rings. The van der Waals surface area contributed by atoms with Crippen LogP contribution in [0.4, 0.5) is 0 Å². The van der Waals surface area contributed by atoms with Gasteiger partial charge in [-0.15, -0.1) is 0 Å². The van der Waals surface area contributed by atoms with Crippen molar-refractivity contribution in [3.63, 3.8) is 0 Å². The van der Waals surface area contributed by atoms with Gasteiger partial charge in [0.25, 0.3) is 11.5 Å². The van der Waals surface area contributed by atoms with Crippen LogP contribution in [0.2, 0.25) is 0 Å². The van der Waals surface area contributed by atoms with Crippen LogP contribution in [0.25, 0.3) is 0 Å². The van der Waals surface area contributed by atoms with Crippen molar-refractivity contribution in [2.45, 2.75) is 40.3 Å². The van der Waals surface area contributed by atoms with Crippen molar-refractivity contribution in [3.05, 3.63) is 58.5 Å². The Kier molecular flexibility index (Phi) is 6.18. The number of rotatable bonds is 6. The Labute approximate surface area is 154 Å². The van der Waals surface area contributed by atoms with Crippen LogP contribution in [0.5, 0.6) is 5.75 Å². The fourth-order valence-corrected chi connectivity index (χ4v) is 2.43. The Bertz CT molecular complexity index is 794. The van der Waals surface area contributed by atoms with Crippen LogP contribution in [0.15, 0.2) is 47.3 Å². The van der Waals surface area contributed by atoms with Gasteiger partial charge in [-0.2, -0.15) is 5.10 Å². The van der Waals surface area contributed by atoms with E-state index in [-0.39, 0.29) is 35.2 Å². The molecule has 1 amide bonds. The minimum atomic E-state index is -0.260. The molecule has 1 aromatic carbocycles. The highest BCUT2D eigenvalue weighted by molar-refractivity contribution is 5.92. The molecule has 0 saturated carbocycles. The van der Waals surface area contributed by atoms with Crippen molar-refractivity contribution < 1.29 is 9.53 Å². The van der Waals surface area contributed by atoms with Crippen molar-refractivity contribution in [1.82, 2.24) is 14.7 Å². The van der Waals surface area contributed by atoms with Crippen molar-refractivity contribution >= 4 is 5.91 Å². The predicted octanol–water partition coefficient (Wildman–Crippen LogP) is 2.83. The molecule has 0 aliphatic carbocycles. The number of hydrogen-bond donors (Lipinski definition) is 0. The van der Waals surface area contributed by atoms with Crippen molar-refractivity contribution in [3.8, 4) is 5.75 Å². The number of amides is 1. The lowest BCUT2D eigenvalue weighted by molar-refractivity contribution is 0.0620. The summed E-state index contributed by atoms with van der Waals surface area (Å²) in [5, 5.41) is 4.22. The summed E-state index contributed by atoms with van der Waals surface area (Å²) in [5.74, 6) is 0.525. The number of carbonyl (C=O) groups is 1. The summed E-state index contributed by atoms with van der Waals surface area (Å²) >= 11 is 0. The van der Waals surface area contributed by atoms with E-state index in [2.05, 4.69) is 25.9 Å². The molecule has 0 aliphatic rings. The molecule has 0 spiro atoms. The average Bonchev–Trinajstić information content (AvgIpc) is 2.61. The zero-order chi connectivity index (χ0) is 19.3. The van der Waals surface area contributed by atoms with E-state index < -0.39 is 0 Å². The SMILES string of the molecule is CC(N(C)C(=O)c1ccc(=O)n(CCOc2ccccc2)n1)C(C)(C)C. The van der Waals surface area contributed by atoms with E-state index in [9.17, 15) is 9.59 Å². The summed E-state index contributed by atoms with van der Waals surface area (Å²) in [5.41, 5.74) is -0.0600. The molecule has 2 aromatic rings. The van der Waals surface area contributed by atoms with E-state index in [1.54, 1.807) is 11.9 Å². The van der Waals surface area contributed by atoms with Crippen molar-refractivity contribution in [1.29, 1.82) is 0 Å².